The van der Waals surface area contributed by atoms with Crippen LogP contribution in [0, 0.1) is 6.92 Å². The van der Waals surface area contributed by atoms with Crippen LogP contribution < -0.4 is 16.6 Å². The van der Waals surface area contributed by atoms with Gasteiger partial charge in [0.1, 0.15) is 0 Å². The van der Waals surface area contributed by atoms with Gasteiger partial charge in [0.2, 0.25) is 0 Å². The topological polar surface area (TPSA) is 77.1 Å². The summed E-state index contributed by atoms with van der Waals surface area (Å²) in [5.41, 5.74) is 8.04. The van der Waals surface area contributed by atoms with Gasteiger partial charge in [-0.3, -0.25) is 9.59 Å². The molecular weight excluding hydrogens is 242 g/mol. The van der Waals surface area contributed by atoms with E-state index < -0.39 is 0 Å². The first-order valence-corrected chi connectivity index (χ1v) is 5.81. The van der Waals surface area contributed by atoms with Gasteiger partial charge in [0, 0.05) is 36.2 Å². The summed E-state index contributed by atoms with van der Waals surface area (Å²) in [6.45, 7) is 1.89. The molecule has 1 aromatic heterocycles. The molecule has 1 aromatic carbocycles. The lowest BCUT2D eigenvalue weighted by Gasteiger charge is -2.07. The fourth-order valence-corrected chi connectivity index (χ4v) is 1.61. The normalized spacial score (nSPS) is 10.2. The Morgan fingerprint density at radius 1 is 1.26 bits per heavy atom. The van der Waals surface area contributed by atoms with Gasteiger partial charge < -0.3 is 15.6 Å². The predicted octanol–water partition coefficient (Wildman–Crippen LogP) is 1.53. The Bertz CT molecular complexity index is 689. The van der Waals surface area contributed by atoms with Gasteiger partial charge in [-0.15, -0.1) is 0 Å². The molecule has 0 aliphatic carbocycles. The van der Waals surface area contributed by atoms with Crippen molar-refractivity contribution >= 4 is 17.3 Å². The van der Waals surface area contributed by atoms with Crippen LogP contribution in [0.4, 0.5) is 11.4 Å². The number of carbonyl (C=O) groups is 1. The molecule has 2 rings (SSSR count). The molecule has 0 radical (unpaired) electrons. The fourth-order valence-electron chi connectivity index (χ4n) is 1.61. The molecule has 19 heavy (non-hydrogen) atoms. The van der Waals surface area contributed by atoms with Crippen molar-refractivity contribution in [3.8, 4) is 0 Å². The molecule has 0 bridgehead atoms. The average Bonchev–Trinajstić information content (AvgIpc) is 2.37. The van der Waals surface area contributed by atoms with Crippen LogP contribution in [0.3, 0.4) is 0 Å². The van der Waals surface area contributed by atoms with E-state index in [4.69, 9.17) is 5.73 Å². The lowest BCUT2D eigenvalue weighted by atomic mass is 10.2. The number of nitrogens with one attached hydrogen (secondary N) is 1. The van der Waals surface area contributed by atoms with E-state index in [2.05, 4.69) is 5.32 Å². The number of carbonyl (C=O) groups excluding carboxylic acids is 1. The number of benzene rings is 1. The molecule has 5 nitrogen and oxygen atoms in total. The van der Waals surface area contributed by atoms with E-state index in [9.17, 15) is 9.59 Å². The van der Waals surface area contributed by atoms with Crippen molar-refractivity contribution in [3.63, 3.8) is 0 Å². The summed E-state index contributed by atoms with van der Waals surface area (Å²) in [5.74, 6) is -0.332. The summed E-state index contributed by atoms with van der Waals surface area (Å²) in [6.07, 6.45) is 1.56. The van der Waals surface area contributed by atoms with E-state index in [1.165, 1.54) is 10.6 Å². The third-order valence-electron chi connectivity index (χ3n) is 2.90. The van der Waals surface area contributed by atoms with Gasteiger partial charge in [0.05, 0.1) is 0 Å². The number of rotatable bonds is 2. The van der Waals surface area contributed by atoms with E-state index in [0.717, 1.165) is 5.56 Å². The highest BCUT2D eigenvalue weighted by molar-refractivity contribution is 6.04. The lowest BCUT2D eigenvalue weighted by Crippen LogP contribution is -2.20. The SMILES string of the molecule is Cc1ccc(NC(=O)c2ccn(C)c(=O)c2)cc1N. The first-order valence-electron chi connectivity index (χ1n) is 5.81. The number of nitrogens with zero attached hydrogens (tertiary/aromatic N) is 1. The van der Waals surface area contributed by atoms with Crippen LogP contribution in [0.1, 0.15) is 15.9 Å². The maximum absolute atomic E-state index is 12.0. The van der Waals surface area contributed by atoms with Crippen LogP contribution >= 0.6 is 0 Å². The number of hydrogen-bond acceptors (Lipinski definition) is 3. The number of anilines is 2. The Morgan fingerprint density at radius 3 is 2.63 bits per heavy atom. The second-order valence-corrected chi connectivity index (χ2v) is 4.39. The molecule has 0 spiro atoms. The number of pyridine rings is 1. The van der Waals surface area contributed by atoms with Gasteiger partial charge in [-0.1, -0.05) is 6.07 Å². The van der Waals surface area contributed by atoms with Crippen molar-refractivity contribution in [2.24, 2.45) is 7.05 Å². The number of hydrogen-bond donors (Lipinski definition) is 2. The van der Waals surface area contributed by atoms with Crippen LogP contribution in [0.15, 0.2) is 41.3 Å². The highest BCUT2D eigenvalue weighted by Crippen LogP contribution is 2.17. The summed E-state index contributed by atoms with van der Waals surface area (Å²) in [5, 5.41) is 2.71. The molecule has 3 N–H and O–H groups in total. The van der Waals surface area contributed by atoms with Crippen molar-refractivity contribution in [2.45, 2.75) is 6.92 Å². The highest BCUT2D eigenvalue weighted by atomic mass is 16.2. The highest BCUT2D eigenvalue weighted by Gasteiger charge is 2.07. The molecular formula is C14H15N3O2. The molecule has 1 heterocycles. The Labute approximate surface area is 110 Å². The first kappa shape index (κ1) is 12.9. The Hall–Kier alpha value is -2.56. The van der Waals surface area contributed by atoms with Crippen molar-refractivity contribution in [2.75, 3.05) is 11.1 Å². The lowest BCUT2D eigenvalue weighted by molar-refractivity contribution is 0.102. The summed E-state index contributed by atoms with van der Waals surface area (Å²) < 4.78 is 1.40. The van der Waals surface area contributed by atoms with Gasteiger partial charge in [-0.25, -0.2) is 0 Å². The minimum atomic E-state index is -0.332. The molecule has 98 valence electrons. The average molecular weight is 257 g/mol. The predicted molar refractivity (Wildman–Crippen MR) is 75.2 cm³/mol. The zero-order valence-corrected chi connectivity index (χ0v) is 10.8. The van der Waals surface area contributed by atoms with E-state index in [0.29, 0.717) is 16.9 Å². The third kappa shape index (κ3) is 2.82. The molecule has 0 aliphatic heterocycles. The Balaban J connectivity index is 2.23. The molecule has 0 aliphatic rings. The zero-order valence-electron chi connectivity index (χ0n) is 10.8. The van der Waals surface area contributed by atoms with E-state index >= 15 is 0 Å². The largest absolute Gasteiger partial charge is 0.398 e. The Morgan fingerprint density at radius 2 is 2.00 bits per heavy atom. The summed E-state index contributed by atoms with van der Waals surface area (Å²) in [4.78, 5) is 23.4. The van der Waals surface area contributed by atoms with Gasteiger partial charge in [0.15, 0.2) is 0 Å². The summed E-state index contributed by atoms with van der Waals surface area (Å²) in [6, 6.07) is 8.18. The van der Waals surface area contributed by atoms with Crippen LogP contribution in [0.5, 0.6) is 0 Å². The number of aryl methyl sites for hydroxylation is 2. The van der Waals surface area contributed by atoms with Crippen LogP contribution in [0.25, 0.3) is 0 Å². The first-order chi connectivity index (χ1) is 8.97. The monoisotopic (exact) mass is 257 g/mol. The molecule has 0 saturated carbocycles. The summed E-state index contributed by atoms with van der Waals surface area (Å²) >= 11 is 0. The van der Waals surface area contributed by atoms with Crippen molar-refractivity contribution in [1.29, 1.82) is 0 Å². The minimum Gasteiger partial charge on any atom is -0.398 e. The second kappa shape index (κ2) is 4.97. The smallest absolute Gasteiger partial charge is 0.255 e. The molecule has 0 atom stereocenters. The van der Waals surface area contributed by atoms with Gasteiger partial charge in [-0.2, -0.15) is 0 Å². The van der Waals surface area contributed by atoms with E-state index in [1.807, 2.05) is 13.0 Å². The molecule has 1 amide bonds. The Kier molecular flexibility index (Phi) is 3.37. The number of amides is 1. The molecule has 0 unspecified atom stereocenters. The number of nitrogens with two attached hydrogens (primary N) is 1. The van der Waals surface area contributed by atoms with Gasteiger partial charge in [0.25, 0.3) is 11.5 Å². The van der Waals surface area contributed by atoms with Gasteiger partial charge in [-0.05, 0) is 30.7 Å². The number of aromatic nitrogens is 1. The van der Waals surface area contributed by atoms with Crippen molar-refractivity contribution in [1.82, 2.24) is 4.57 Å². The van der Waals surface area contributed by atoms with Gasteiger partial charge >= 0.3 is 0 Å². The summed E-state index contributed by atoms with van der Waals surface area (Å²) in [7, 11) is 1.63. The van der Waals surface area contributed by atoms with Crippen LogP contribution in [-0.4, -0.2) is 10.5 Å². The maximum Gasteiger partial charge on any atom is 0.255 e. The maximum atomic E-state index is 12.0. The fraction of sp³-hybridized carbons (Fsp3) is 0.143. The quantitative estimate of drug-likeness (QED) is 0.801. The van der Waals surface area contributed by atoms with Crippen molar-refractivity contribution < 1.29 is 4.79 Å². The van der Waals surface area contributed by atoms with E-state index in [-0.39, 0.29) is 11.5 Å². The molecule has 0 fully saturated rings. The zero-order chi connectivity index (χ0) is 14.0. The van der Waals surface area contributed by atoms with Crippen molar-refractivity contribution in [3.05, 3.63) is 58.0 Å². The molecule has 0 saturated heterocycles. The van der Waals surface area contributed by atoms with Crippen LogP contribution in [0.2, 0.25) is 0 Å². The standard InChI is InChI=1S/C14H15N3O2/c1-9-3-4-11(8-12(9)15)16-14(19)10-5-6-17(2)13(18)7-10/h3-8H,15H2,1-2H3,(H,16,19). The third-order valence-corrected chi connectivity index (χ3v) is 2.90. The number of nitrogen functional groups attached to an aromatic ring is 1. The van der Waals surface area contributed by atoms with Crippen LogP contribution in [-0.2, 0) is 7.05 Å². The van der Waals surface area contributed by atoms with E-state index in [1.54, 1.807) is 31.4 Å². The molecule has 2 aromatic rings. The molecule has 5 heteroatoms. The minimum absolute atomic E-state index is 0.226. The second-order valence-electron chi connectivity index (χ2n) is 4.39.